The molecule has 2 aromatic carbocycles. The van der Waals surface area contributed by atoms with Gasteiger partial charge in [-0.25, -0.2) is 4.39 Å². The van der Waals surface area contributed by atoms with Crippen LogP contribution in [0.4, 0.5) is 10.1 Å². The highest BCUT2D eigenvalue weighted by atomic mass is 79.9. The summed E-state index contributed by atoms with van der Waals surface area (Å²) in [5, 5.41) is 0.0616. The van der Waals surface area contributed by atoms with Crippen LogP contribution in [0.3, 0.4) is 0 Å². The lowest BCUT2D eigenvalue weighted by molar-refractivity contribution is 0.318. The Bertz CT molecular complexity index is 592. The molecule has 2 rings (SSSR count). The molecule has 0 atom stereocenters. The van der Waals surface area contributed by atoms with Crippen molar-refractivity contribution in [3.63, 3.8) is 0 Å². The van der Waals surface area contributed by atoms with Crippen molar-refractivity contribution in [2.75, 3.05) is 12.3 Å². The lowest BCUT2D eigenvalue weighted by Gasteiger charge is -2.10. The van der Waals surface area contributed by atoms with Gasteiger partial charge in [0, 0.05) is 18.2 Å². The summed E-state index contributed by atoms with van der Waals surface area (Å²) in [5.74, 6) is -0.0736. The molecule has 0 spiro atoms. The van der Waals surface area contributed by atoms with Gasteiger partial charge < -0.3 is 10.5 Å². The number of hydrogen-bond acceptors (Lipinski definition) is 2. The van der Waals surface area contributed by atoms with Gasteiger partial charge in [-0.05, 0) is 33.6 Å². The van der Waals surface area contributed by atoms with Gasteiger partial charge in [-0.1, -0.05) is 29.8 Å². The molecule has 5 heteroatoms. The highest BCUT2D eigenvalue weighted by molar-refractivity contribution is 9.10. The first-order valence-corrected chi connectivity index (χ1v) is 6.85. The molecule has 2 aromatic rings. The van der Waals surface area contributed by atoms with Crippen molar-refractivity contribution < 1.29 is 9.13 Å². The summed E-state index contributed by atoms with van der Waals surface area (Å²) < 4.78 is 19.5. The van der Waals surface area contributed by atoms with Gasteiger partial charge in [0.1, 0.15) is 11.6 Å². The molecule has 0 bridgehead atoms. The van der Waals surface area contributed by atoms with Gasteiger partial charge in [-0.15, -0.1) is 0 Å². The van der Waals surface area contributed by atoms with Crippen molar-refractivity contribution in [1.82, 2.24) is 0 Å². The summed E-state index contributed by atoms with van der Waals surface area (Å²) in [5.41, 5.74) is 7.57. The van der Waals surface area contributed by atoms with Crippen molar-refractivity contribution in [1.29, 1.82) is 0 Å². The fourth-order valence-electron chi connectivity index (χ4n) is 1.65. The number of para-hydroxylation sites is 1. The normalized spacial score (nSPS) is 10.5. The van der Waals surface area contributed by atoms with E-state index in [-0.39, 0.29) is 5.02 Å². The molecule has 2 N–H and O–H groups in total. The Kier molecular flexibility index (Phi) is 4.66. The van der Waals surface area contributed by atoms with Gasteiger partial charge in [-0.3, -0.25) is 0 Å². The molecule has 100 valence electrons. The minimum atomic E-state index is -0.501. The zero-order chi connectivity index (χ0) is 13.8. The third-order valence-corrected chi connectivity index (χ3v) is 3.57. The van der Waals surface area contributed by atoms with Crippen LogP contribution >= 0.6 is 27.5 Å². The lowest BCUT2D eigenvalue weighted by atomic mass is 10.1. The Morgan fingerprint density at radius 3 is 2.74 bits per heavy atom. The van der Waals surface area contributed by atoms with Crippen molar-refractivity contribution in [3.8, 4) is 5.75 Å². The Morgan fingerprint density at radius 2 is 2.00 bits per heavy atom. The molecule has 0 aliphatic heterocycles. The lowest BCUT2D eigenvalue weighted by Crippen LogP contribution is -2.04. The number of nitrogens with two attached hydrogens (primary N) is 1. The highest BCUT2D eigenvalue weighted by Gasteiger charge is 2.08. The zero-order valence-corrected chi connectivity index (χ0v) is 12.3. The third kappa shape index (κ3) is 3.61. The van der Waals surface area contributed by atoms with Gasteiger partial charge >= 0.3 is 0 Å². The number of nitrogen functional groups attached to an aromatic ring is 1. The molecule has 0 aliphatic carbocycles. The summed E-state index contributed by atoms with van der Waals surface area (Å²) >= 11 is 8.94. The second-order valence-electron chi connectivity index (χ2n) is 3.99. The summed E-state index contributed by atoms with van der Waals surface area (Å²) in [6.45, 7) is 0.411. The first kappa shape index (κ1) is 14.2. The maximum absolute atomic E-state index is 13.3. The Morgan fingerprint density at radius 1 is 1.26 bits per heavy atom. The van der Waals surface area contributed by atoms with Crippen LogP contribution in [0.5, 0.6) is 5.75 Å². The van der Waals surface area contributed by atoms with Gasteiger partial charge in [-0.2, -0.15) is 0 Å². The van der Waals surface area contributed by atoms with Crippen LogP contribution in [-0.2, 0) is 6.42 Å². The smallest absolute Gasteiger partial charge is 0.145 e. The standard InChI is InChI=1S/C14H12BrClFNO/c15-10-7-11(16)12(17)8-14(10)19-6-5-9-3-1-2-4-13(9)18/h1-4,7-8H,5-6,18H2. The maximum Gasteiger partial charge on any atom is 0.145 e. The van der Waals surface area contributed by atoms with Crippen LogP contribution in [0.1, 0.15) is 5.56 Å². The molecule has 0 radical (unpaired) electrons. The highest BCUT2D eigenvalue weighted by Crippen LogP contribution is 2.30. The van der Waals surface area contributed by atoms with Crippen LogP contribution < -0.4 is 10.5 Å². The molecule has 19 heavy (non-hydrogen) atoms. The first-order chi connectivity index (χ1) is 9.08. The number of halogens is 3. The van der Waals surface area contributed by atoms with Crippen molar-refractivity contribution in [2.45, 2.75) is 6.42 Å². The number of rotatable bonds is 4. The number of benzene rings is 2. The van der Waals surface area contributed by atoms with E-state index in [4.69, 9.17) is 22.1 Å². The van der Waals surface area contributed by atoms with Gasteiger partial charge in [0.15, 0.2) is 0 Å². The largest absolute Gasteiger partial charge is 0.492 e. The number of anilines is 1. The molecule has 0 fully saturated rings. The molecule has 0 unspecified atom stereocenters. The summed E-state index contributed by atoms with van der Waals surface area (Å²) in [6, 6.07) is 10.3. The molecule has 2 nitrogen and oxygen atoms in total. The van der Waals surface area contributed by atoms with Gasteiger partial charge in [0.25, 0.3) is 0 Å². The van der Waals surface area contributed by atoms with E-state index in [2.05, 4.69) is 15.9 Å². The predicted molar refractivity (Wildman–Crippen MR) is 79.2 cm³/mol. The topological polar surface area (TPSA) is 35.2 Å². The molecular weight excluding hydrogens is 333 g/mol. The van der Waals surface area contributed by atoms with Gasteiger partial charge in [0.05, 0.1) is 16.1 Å². The second-order valence-corrected chi connectivity index (χ2v) is 5.26. The maximum atomic E-state index is 13.3. The van der Waals surface area contributed by atoms with E-state index in [1.165, 1.54) is 12.1 Å². The fourth-order valence-corrected chi connectivity index (χ4v) is 2.40. The van der Waals surface area contributed by atoms with E-state index >= 15 is 0 Å². The molecule has 0 aliphatic rings. The zero-order valence-electron chi connectivity index (χ0n) is 10.00. The minimum absolute atomic E-state index is 0.0616. The molecular formula is C14H12BrClFNO. The van der Waals surface area contributed by atoms with E-state index in [9.17, 15) is 4.39 Å². The van der Waals surface area contributed by atoms with E-state index in [0.29, 0.717) is 23.2 Å². The summed E-state index contributed by atoms with van der Waals surface area (Å²) in [4.78, 5) is 0. The summed E-state index contributed by atoms with van der Waals surface area (Å²) in [6.07, 6.45) is 0.656. The van der Waals surface area contributed by atoms with E-state index in [0.717, 1.165) is 11.3 Å². The quantitative estimate of drug-likeness (QED) is 0.657. The predicted octanol–water partition coefficient (Wildman–Crippen LogP) is 4.45. The number of hydrogen-bond donors (Lipinski definition) is 1. The average molecular weight is 345 g/mol. The van der Waals surface area contributed by atoms with Gasteiger partial charge in [0.2, 0.25) is 0 Å². The van der Waals surface area contributed by atoms with Crippen molar-refractivity contribution in [2.24, 2.45) is 0 Å². The monoisotopic (exact) mass is 343 g/mol. The van der Waals surface area contributed by atoms with E-state index in [1.807, 2.05) is 24.3 Å². The Labute approximate surface area is 124 Å². The molecule has 0 amide bonds. The van der Waals surface area contributed by atoms with Crippen molar-refractivity contribution in [3.05, 3.63) is 57.3 Å². The van der Waals surface area contributed by atoms with Crippen LogP contribution in [0.25, 0.3) is 0 Å². The van der Waals surface area contributed by atoms with Crippen LogP contribution in [-0.4, -0.2) is 6.61 Å². The number of ether oxygens (including phenoxy) is 1. The van der Waals surface area contributed by atoms with Crippen LogP contribution in [0.2, 0.25) is 5.02 Å². The molecule has 0 aromatic heterocycles. The average Bonchev–Trinajstić information content (AvgIpc) is 2.38. The molecule has 0 heterocycles. The SMILES string of the molecule is Nc1ccccc1CCOc1cc(F)c(Cl)cc1Br. The Balaban J connectivity index is 2.00. The second kappa shape index (κ2) is 6.26. The van der Waals surface area contributed by atoms with Crippen LogP contribution in [0.15, 0.2) is 40.9 Å². The fraction of sp³-hybridized carbons (Fsp3) is 0.143. The van der Waals surface area contributed by atoms with E-state index < -0.39 is 5.82 Å². The Hall–Kier alpha value is -1.26. The first-order valence-electron chi connectivity index (χ1n) is 5.68. The summed E-state index contributed by atoms with van der Waals surface area (Å²) in [7, 11) is 0. The minimum Gasteiger partial charge on any atom is -0.492 e. The third-order valence-electron chi connectivity index (χ3n) is 2.66. The van der Waals surface area contributed by atoms with Crippen LogP contribution in [0, 0.1) is 5.82 Å². The molecule has 0 saturated heterocycles. The van der Waals surface area contributed by atoms with Crippen molar-refractivity contribution >= 4 is 33.2 Å². The van der Waals surface area contributed by atoms with E-state index in [1.54, 1.807) is 0 Å². The molecule has 0 saturated carbocycles.